The highest BCUT2D eigenvalue weighted by Gasteiger charge is 2.28. The van der Waals surface area contributed by atoms with Crippen LogP contribution in [-0.4, -0.2) is 15.7 Å². The van der Waals surface area contributed by atoms with E-state index in [1.165, 1.54) is 51.4 Å². The van der Waals surface area contributed by atoms with Crippen molar-refractivity contribution < 1.29 is 0 Å². The van der Waals surface area contributed by atoms with Gasteiger partial charge in [0.15, 0.2) is 0 Å². The maximum absolute atomic E-state index is 5.93. The highest BCUT2D eigenvalue weighted by molar-refractivity contribution is 6.11. The third-order valence-electron chi connectivity index (χ3n) is 4.30. The quantitative estimate of drug-likeness (QED) is 0.551. The van der Waals surface area contributed by atoms with Crippen molar-refractivity contribution in [2.45, 2.75) is 63.0 Å². The second kappa shape index (κ2) is 4.77. The van der Waals surface area contributed by atoms with E-state index >= 15 is 0 Å². The molecule has 2 aliphatic rings. The first-order valence-corrected chi connectivity index (χ1v) is 6.27. The lowest BCUT2D eigenvalue weighted by Crippen LogP contribution is -2.23. The molecule has 0 saturated heterocycles. The molecule has 0 aliphatic heterocycles. The molecule has 14 heavy (non-hydrogen) atoms. The third-order valence-corrected chi connectivity index (χ3v) is 4.30. The van der Waals surface area contributed by atoms with E-state index in [1.807, 2.05) is 0 Å². The van der Waals surface area contributed by atoms with Gasteiger partial charge < -0.3 is 0 Å². The maximum Gasteiger partial charge on any atom is 0.0699 e. The van der Waals surface area contributed by atoms with Crippen molar-refractivity contribution in [1.82, 2.24) is 0 Å². The van der Waals surface area contributed by atoms with Crippen molar-refractivity contribution in [3.05, 3.63) is 0 Å². The van der Waals surface area contributed by atoms with Crippen molar-refractivity contribution in [1.29, 1.82) is 0 Å². The van der Waals surface area contributed by atoms with Crippen molar-refractivity contribution in [3.63, 3.8) is 0 Å². The molecule has 74 valence electrons. The summed E-state index contributed by atoms with van der Waals surface area (Å²) >= 11 is 0. The molecular formula is C12H20B2. The molecule has 2 aliphatic carbocycles. The van der Waals surface area contributed by atoms with Gasteiger partial charge in [0.25, 0.3) is 0 Å². The molecule has 0 heterocycles. The van der Waals surface area contributed by atoms with Crippen LogP contribution in [0.25, 0.3) is 0 Å². The topological polar surface area (TPSA) is 0 Å². The van der Waals surface area contributed by atoms with Gasteiger partial charge in [-0.1, -0.05) is 63.0 Å². The summed E-state index contributed by atoms with van der Waals surface area (Å²) in [7, 11) is 11.9. The molecule has 2 saturated carbocycles. The van der Waals surface area contributed by atoms with E-state index in [9.17, 15) is 0 Å². The molecule has 4 radical (unpaired) electrons. The molecule has 0 amide bonds. The first-order valence-electron chi connectivity index (χ1n) is 6.27. The van der Waals surface area contributed by atoms with Crippen LogP contribution in [0, 0.1) is 11.8 Å². The number of hydrogen-bond acceptors (Lipinski definition) is 0. The molecule has 0 aromatic heterocycles. The minimum atomic E-state index is 0.497. The van der Waals surface area contributed by atoms with Gasteiger partial charge in [-0.2, -0.15) is 0 Å². The highest BCUT2D eigenvalue weighted by Crippen LogP contribution is 2.42. The molecule has 0 N–H and O–H groups in total. The number of rotatable bonds is 1. The Kier molecular flexibility index (Phi) is 3.62. The van der Waals surface area contributed by atoms with Crippen molar-refractivity contribution >= 4 is 15.7 Å². The van der Waals surface area contributed by atoms with E-state index < -0.39 is 0 Å². The summed E-state index contributed by atoms with van der Waals surface area (Å²) in [5, 5.41) is 0. The summed E-state index contributed by atoms with van der Waals surface area (Å²) in [4.78, 5) is 0. The fraction of sp³-hybridized carbons (Fsp3) is 1.00. The number of hydrogen-bond donors (Lipinski definition) is 0. The van der Waals surface area contributed by atoms with Gasteiger partial charge in [-0.3, -0.25) is 0 Å². The van der Waals surface area contributed by atoms with Gasteiger partial charge in [0, 0.05) is 0 Å². The first kappa shape index (κ1) is 10.6. The van der Waals surface area contributed by atoms with Gasteiger partial charge >= 0.3 is 0 Å². The van der Waals surface area contributed by atoms with Crippen LogP contribution in [0.5, 0.6) is 0 Å². The lowest BCUT2D eigenvalue weighted by atomic mass is 9.63. The molecule has 2 rings (SSSR count). The lowest BCUT2D eigenvalue weighted by molar-refractivity contribution is 0.196. The molecule has 0 atom stereocenters. The Morgan fingerprint density at radius 1 is 0.500 bits per heavy atom. The normalized spacial score (nSPS) is 44.9. The summed E-state index contributed by atoms with van der Waals surface area (Å²) in [5.74, 6) is 2.94. The summed E-state index contributed by atoms with van der Waals surface area (Å²) < 4.78 is 0. The van der Waals surface area contributed by atoms with Crippen LogP contribution in [0.2, 0.25) is 11.6 Å². The summed E-state index contributed by atoms with van der Waals surface area (Å²) in [6, 6.07) is 0. The fourth-order valence-electron chi connectivity index (χ4n) is 3.23. The standard InChI is InChI=1S/C12H20B2/c13-11-5-1-9(2-6-11)10-3-7-12(14)8-4-10/h9-12H,1-8H2. The summed E-state index contributed by atoms with van der Waals surface area (Å²) in [6.07, 6.45) is 10.5. The Morgan fingerprint density at radius 2 is 0.786 bits per heavy atom. The Morgan fingerprint density at radius 3 is 1.07 bits per heavy atom. The molecule has 0 aromatic rings. The Hall–Kier alpha value is 0.130. The van der Waals surface area contributed by atoms with E-state index in [-0.39, 0.29) is 0 Å². The van der Waals surface area contributed by atoms with Crippen LogP contribution < -0.4 is 0 Å². The van der Waals surface area contributed by atoms with Crippen LogP contribution >= 0.6 is 0 Å². The predicted octanol–water partition coefficient (Wildman–Crippen LogP) is 3.28. The van der Waals surface area contributed by atoms with Crippen LogP contribution in [0.1, 0.15) is 51.4 Å². The van der Waals surface area contributed by atoms with Crippen molar-refractivity contribution in [3.8, 4) is 0 Å². The second-order valence-corrected chi connectivity index (χ2v) is 5.35. The minimum Gasteiger partial charge on any atom is -0.0774 e. The van der Waals surface area contributed by atoms with Gasteiger partial charge in [0.05, 0.1) is 15.7 Å². The second-order valence-electron chi connectivity index (χ2n) is 5.35. The fourth-order valence-corrected chi connectivity index (χ4v) is 3.23. The zero-order chi connectivity index (χ0) is 9.97. The lowest BCUT2D eigenvalue weighted by Gasteiger charge is -2.36. The third kappa shape index (κ3) is 2.58. The Bertz CT molecular complexity index is 145. The molecular weight excluding hydrogens is 166 g/mol. The zero-order valence-electron chi connectivity index (χ0n) is 9.12. The van der Waals surface area contributed by atoms with E-state index in [4.69, 9.17) is 15.7 Å². The van der Waals surface area contributed by atoms with Crippen LogP contribution in [0.15, 0.2) is 0 Å². The summed E-state index contributed by atoms with van der Waals surface area (Å²) in [6.45, 7) is 0. The first-order chi connectivity index (χ1) is 6.75. The zero-order valence-corrected chi connectivity index (χ0v) is 9.12. The molecule has 2 heteroatoms. The molecule has 0 unspecified atom stereocenters. The van der Waals surface area contributed by atoms with E-state index in [2.05, 4.69) is 0 Å². The van der Waals surface area contributed by atoms with Gasteiger partial charge in [-0.05, 0) is 11.8 Å². The van der Waals surface area contributed by atoms with E-state index in [0.717, 1.165) is 11.8 Å². The molecule has 2 fully saturated rings. The predicted molar refractivity (Wildman–Crippen MR) is 62.9 cm³/mol. The average Bonchev–Trinajstić information content (AvgIpc) is 2.21. The molecule has 0 bridgehead atoms. The van der Waals surface area contributed by atoms with Crippen LogP contribution in [-0.2, 0) is 0 Å². The SMILES string of the molecule is [B]C1CCC(C2CCC([B])CC2)CC1. The molecule has 0 spiro atoms. The highest BCUT2D eigenvalue weighted by atomic mass is 14.3. The monoisotopic (exact) mass is 186 g/mol. The Balaban J connectivity index is 1.78. The smallest absolute Gasteiger partial charge is 0.0699 e. The summed E-state index contributed by atoms with van der Waals surface area (Å²) in [5.41, 5.74) is 0. The van der Waals surface area contributed by atoms with Gasteiger partial charge in [-0.25, -0.2) is 0 Å². The minimum absolute atomic E-state index is 0.497. The van der Waals surface area contributed by atoms with E-state index in [1.54, 1.807) is 0 Å². The van der Waals surface area contributed by atoms with Gasteiger partial charge in [-0.15, -0.1) is 0 Å². The molecule has 0 aromatic carbocycles. The van der Waals surface area contributed by atoms with Crippen molar-refractivity contribution in [2.24, 2.45) is 11.8 Å². The van der Waals surface area contributed by atoms with Gasteiger partial charge in [0.1, 0.15) is 0 Å². The average molecular weight is 186 g/mol. The van der Waals surface area contributed by atoms with Crippen LogP contribution in [0.4, 0.5) is 0 Å². The molecule has 0 nitrogen and oxygen atoms in total. The Labute approximate surface area is 91.0 Å². The van der Waals surface area contributed by atoms with Crippen LogP contribution in [0.3, 0.4) is 0 Å². The van der Waals surface area contributed by atoms with E-state index in [0.29, 0.717) is 11.6 Å². The van der Waals surface area contributed by atoms with Crippen molar-refractivity contribution in [2.75, 3.05) is 0 Å². The maximum atomic E-state index is 5.93. The van der Waals surface area contributed by atoms with Gasteiger partial charge in [0.2, 0.25) is 0 Å². The largest absolute Gasteiger partial charge is 0.0774 e.